The van der Waals surface area contributed by atoms with Gasteiger partial charge in [0.2, 0.25) is 0 Å². The Morgan fingerprint density at radius 3 is 2.41 bits per heavy atom. The molecule has 1 amide bonds. The standard InChI is InChI=1S/C12H9F2NOS/c1-7-2-3-17-11(7)12(16)15-10-5-8(13)4-9(14)6-10/h2-6H,1H3,(H,15,16). The fourth-order valence-electron chi connectivity index (χ4n) is 1.42. The SMILES string of the molecule is Cc1ccsc1C(=O)Nc1cc(F)cc(F)c1. The summed E-state index contributed by atoms with van der Waals surface area (Å²) in [5.74, 6) is -1.80. The lowest BCUT2D eigenvalue weighted by Crippen LogP contribution is -2.11. The van der Waals surface area contributed by atoms with E-state index in [1.165, 1.54) is 11.3 Å². The van der Waals surface area contributed by atoms with Crippen molar-refractivity contribution in [3.63, 3.8) is 0 Å². The highest BCUT2D eigenvalue weighted by atomic mass is 32.1. The minimum Gasteiger partial charge on any atom is -0.321 e. The van der Waals surface area contributed by atoms with Crippen LogP contribution in [0.3, 0.4) is 0 Å². The average molecular weight is 253 g/mol. The first-order valence-corrected chi connectivity index (χ1v) is 5.76. The predicted octanol–water partition coefficient (Wildman–Crippen LogP) is 3.59. The molecule has 0 aliphatic heterocycles. The minimum atomic E-state index is -0.719. The monoisotopic (exact) mass is 253 g/mol. The van der Waals surface area contributed by atoms with Crippen LogP contribution in [0.25, 0.3) is 0 Å². The van der Waals surface area contributed by atoms with Gasteiger partial charge in [-0.2, -0.15) is 0 Å². The first-order valence-electron chi connectivity index (χ1n) is 4.88. The first-order chi connectivity index (χ1) is 8.06. The van der Waals surface area contributed by atoms with Crippen LogP contribution in [-0.2, 0) is 0 Å². The van der Waals surface area contributed by atoms with Gasteiger partial charge in [-0.3, -0.25) is 4.79 Å². The van der Waals surface area contributed by atoms with Crippen LogP contribution in [0, 0.1) is 18.6 Å². The second-order valence-electron chi connectivity index (χ2n) is 3.54. The van der Waals surface area contributed by atoms with E-state index in [4.69, 9.17) is 0 Å². The lowest BCUT2D eigenvalue weighted by Gasteiger charge is -2.04. The number of aryl methyl sites for hydroxylation is 1. The third-order valence-corrected chi connectivity index (χ3v) is 3.20. The molecule has 1 aromatic heterocycles. The van der Waals surface area contributed by atoms with Crippen molar-refractivity contribution in [3.8, 4) is 0 Å². The van der Waals surface area contributed by atoms with E-state index in [2.05, 4.69) is 5.32 Å². The van der Waals surface area contributed by atoms with E-state index < -0.39 is 11.6 Å². The molecule has 1 heterocycles. The molecule has 0 saturated carbocycles. The largest absolute Gasteiger partial charge is 0.321 e. The van der Waals surface area contributed by atoms with Crippen molar-refractivity contribution in [1.29, 1.82) is 0 Å². The van der Waals surface area contributed by atoms with Gasteiger partial charge in [-0.15, -0.1) is 11.3 Å². The van der Waals surface area contributed by atoms with Gasteiger partial charge >= 0.3 is 0 Å². The Morgan fingerprint density at radius 1 is 1.24 bits per heavy atom. The van der Waals surface area contributed by atoms with Crippen molar-refractivity contribution in [2.45, 2.75) is 6.92 Å². The lowest BCUT2D eigenvalue weighted by atomic mass is 10.2. The molecule has 0 spiro atoms. The van der Waals surface area contributed by atoms with Crippen molar-refractivity contribution in [2.75, 3.05) is 5.32 Å². The van der Waals surface area contributed by atoms with Crippen LogP contribution in [0.15, 0.2) is 29.6 Å². The molecule has 88 valence electrons. The van der Waals surface area contributed by atoms with Gasteiger partial charge in [0.1, 0.15) is 11.6 Å². The molecule has 2 aromatic rings. The molecular weight excluding hydrogens is 244 g/mol. The summed E-state index contributed by atoms with van der Waals surface area (Å²) in [5.41, 5.74) is 0.949. The highest BCUT2D eigenvalue weighted by molar-refractivity contribution is 7.12. The maximum absolute atomic E-state index is 12.9. The van der Waals surface area contributed by atoms with E-state index in [-0.39, 0.29) is 11.6 Å². The highest BCUT2D eigenvalue weighted by Crippen LogP contribution is 2.19. The zero-order valence-corrected chi connectivity index (χ0v) is 9.78. The zero-order valence-electron chi connectivity index (χ0n) is 8.96. The topological polar surface area (TPSA) is 29.1 Å². The number of anilines is 1. The van der Waals surface area contributed by atoms with Gasteiger partial charge in [0.15, 0.2) is 0 Å². The van der Waals surface area contributed by atoms with E-state index in [1.54, 1.807) is 12.3 Å². The number of carbonyl (C=O) groups excluding carboxylic acids is 1. The second-order valence-corrected chi connectivity index (χ2v) is 4.46. The predicted molar refractivity (Wildman–Crippen MR) is 63.4 cm³/mol. The molecule has 0 bridgehead atoms. The van der Waals surface area contributed by atoms with E-state index in [9.17, 15) is 13.6 Å². The van der Waals surface area contributed by atoms with Gasteiger partial charge in [-0.05, 0) is 36.1 Å². The molecule has 1 aromatic carbocycles. The van der Waals surface area contributed by atoms with Crippen LogP contribution < -0.4 is 5.32 Å². The van der Waals surface area contributed by atoms with Crippen molar-refractivity contribution < 1.29 is 13.6 Å². The molecule has 0 radical (unpaired) electrons. The maximum Gasteiger partial charge on any atom is 0.266 e. The number of hydrogen-bond donors (Lipinski definition) is 1. The highest BCUT2D eigenvalue weighted by Gasteiger charge is 2.11. The summed E-state index contributed by atoms with van der Waals surface area (Å²) >= 11 is 1.29. The molecule has 17 heavy (non-hydrogen) atoms. The molecule has 0 aliphatic carbocycles. The summed E-state index contributed by atoms with van der Waals surface area (Å²) in [6, 6.07) is 4.71. The molecule has 0 fully saturated rings. The fraction of sp³-hybridized carbons (Fsp3) is 0.0833. The molecule has 0 aliphatic rings. The van der Waals surface area contributed by atoms with Crippen molar-refractivity contribution in [3.05, 3.63) is 51.7 Å². The second kappa shape index (κ2) is 4.63. The molecule has 0 atom stereocenters. The summed E-state index contributed by atoms with van der Waals surface area (Å²) in [6.07, 6.45) is 0. The molecule has 2 rings (SSSR count). The summed E-state index contributed by atoms with van der Waals surface area (Å²) in [5, 5.41) is 4.25. The zero-order chi connectivity index (χ0) is 12.4. The van der Waals surface area contributed by atoms with Crippen LogP contribution >= 0.6 is 11.3 Å². The normalized spacial score (nSPS) is 10.3. The molecule has 2 nitrogen and oxygen atoms in total. The number of amides is 1. The van der Waals surface area contributed by atoms with Crippen molar-refractivity contribution in [2.24, 2.45) is 0 Å². The number of halogens is 2. The Morgan fingerprint density at radius 2 is 1.88 bits per heavy atom. The van der Waals surface area contributed by atoms with Crippen molar-refractivity contribution in [1.82, 2.24) is 0 Å². The average Bonchev–Trinajstić information content (AvgIpc) is 2.62. The van der Waals surface area contributed by atoms with Crippen LogP contribution in [-0.4, -0.2) is 5.91 Å². The van der Waals surface area contributed by atoms with Gasteiger partial charge in [0.05, 0.1) is 4.88 Å². The summed E-state index contributed by atoms with van der Waals surface area (Å²) in [7, 11) is 0. The van der Waals surface area contributed by atoms with Gasteiger partial charge in [-0.25, -0.2) is 8.78 Å². The third-order valence-electron chi connectivity index (χ3n) is 2.19. The summed E-state index contributed by atoms with van der Waals surface area (Å²) in [6.45, 7) is 1.80. The maximum atomic E-state index is 12.9. The third kappa shape index (κ3) is 2.68. The van der Waals surface area contributed by atoms with Crippen LogP contribution in [0.2, 0.25) is 0 Å². The van der Waals surface area contributed by atoms with Gasteiger partial charge in [-0.1, -0.05) is 0 Å². The number of hydrogen-bond acceptors (Lipinski definition) is 2. The molecular formula is C12H9F2NOS. The molecule has 0 unspecified atom stereocenters. The number of rotatable bonds is 2. The Hall–Kier alpha value is -1.75. The van der Waals surface area contributed by atoms with Crippen molar-refractivity contribution >= 4 is 22.9 Å². The van der Waals surface area contributed by atoms with E-state index in [0.29, 0.717) is 4.88 Å². The molecule has 1 N–H and O–H groups in total. The van der Waals surface area contributed by atoms with Gasteiger partial charge in [0, 0.05) is 11.8 Å². The Kier molecular flexibility index (Phi) is 3.19. The number of thiophene rings is 1. The first kappa shape index (κ1) is 11.7. The summed E-state index contributed by atoms with van der Waals surface area (Å²) < 4.78 is 25.8. The van der Waals surface area contributed by atoms with E-state index in [0.717, 1.165) is 23.8 Å². The molecule has 5 heteroatoms. The van der Waals surface area contributed by atoms with Crippen LogP contribution in [0.4, 0.5) is 14.5 Å². The fourth-order valence-corrected chi connectivity index (χ4v) is 2.24. The quantitative estimate of drug-likeness (QED) is 0.870. The lowest BCUT2D eigenvalue weighted by molar-refractivity contribution is 0.103. The van der Waals surface area contributed by atoms with Crippen LogP contribution in [0.5, 0.6) is 0 Å². The Labute approximate surface area is 101 Å². The van der Waals surface area contributed by atoms with E-state index >= 15 is 0 Å². The van der Waals surface area contributed by atoms with Gasteiger partial charge in [0.25, 0.3) is 5.91 Å². The smallest absolute Gasteiger partial charge is 0.266 e. The van der Waals surface area contributed by atoms with Crippen LogP contribution in [0.1, 0.15) is 15.2 Å². The van der Waals surface area contributed by atoms with Gasteiger partial charge < -0.3 is 5.32 Å². The van der Waals surface area contributed by atoms with E-state index in [1.807, 2.05) is 6.07 Å². The minimum absolute atomic E-state index is 0.111. The number of carbonyl (C=O) groups is 1. The molecule has 0 saturated heterocycles. The number of nitrogens with one attached hydrogen (secondary N) is 1. The number of benzene rings is 1. The Bertz CT molecular complexity index is 545. The summed E-state index contributed by atoms with van der Waals surface area (Å²) in [4.78, 5) is 12.3. The Balaban J connectivity index is 2.21.